The first-order valence-corrected chi connectivity index (χ1v) is 4.90. The molecule has 0 saturated carbocycles. The first kappa shape index (κ1) is 12.0. The quantitative estimate of drug-likeness (QED) is 0.684. The minimum atomic E-state index is -0.116. The van der Waals surface area contributed by atoms with Crippen molar-refractivity contribution in [1.29, 1.82) is 5.26 Å². The topological polar surface area (TPSA) is 66.1 Å². The van der Waals surface area contributed by atoms with Crippen LogP contribution in [0, 0.1) is 11.3 Å². The second-order valence-corrected chi connectivity index (χ2v) is 3.40. The number of rotatable bonds is 5. The molecule has 0 unspecified atom stereocenters. The number of aromatic nitrogens is 1. The van der Waals surface area contributed by atoms with E-state index >= 15 is 0 Å². The van der Waals surface area contributed by atoms with Crippen LogP contribution in [0.4, 0.5) is 0 Å². The highest BCUT2D eigenvalue weighted by Gasteiger charge is 2.10. The average molecular weight is 219 g/mol. The molecule has 0 bridgehead atoms. The van der Waals surface area contributed by atoms with Gasteiger partial charge in [-0.05, 0) is 12.1 Å². The molecule has 5 nitrogen and oxygen atoms in total. The highest BCUT2D eigenvalue weighted by atomic mass is 16.2. The Morgan fingerprint density at radius 3 is 3.06 bits per heavy atom. The summed E-state index contributed by atoms with van der Waals surface area (Å²) in [5.41, 5.74) is 0.474. The van der Waals surface area contributed by atoms with Crippen LogP contribution in [0.5, 0.6) is 0 Å². The van der Waals surface area contributed by atoms with E-state index in [9.17, 15) is 9.59 Å². The second-order valence-electron chi connectivity index (χ2n) is 3.40. The van der Waals surface area contributed by atoms with Gasteiger partial charge in [-0.25, -0.2) is 0 Å². The number of hydrogen-bond acceptors (Lipinski definition) is 3. The zero-order chi connectivity index (χ0) is 12.0. The Labute approximate surface area is 93.9 Å². The third-order valence-corrected chi connectivity index (χ3v) is 2.28. The maximum absolute atomic E-state index is 11.7. The molecule has 0 fully saturated rings. The highest BCUT2D eigenvalue weighted by Crippen LogP contribution is 2.00. The van der Waals surface area contributed by atoms with Crippen LogP contribution in [0.2, 0.25) is 0 Å². The van der Waals surface area contributed by atoms with Gasteiger partial charge in [-0.3, -0.25) is 9.59 Å². The van der Waals surface area contributed by atoms with E-state index in [0.29, 0.717) is 24.9 Å². The number of carbonyl (C=O) groups excluding carboxylic acids is 2. The molecule has 1 aromatic rings. The van der Waals surface area contributed by atoms with Crippen molar-refractivity contribution in [2.75, 3.05) is 13.6 Å². The van der Waals surface area contributed by atoms with Gasteiger partial charge in [-0.1, -0.05) is 0 Å². The van der Waals surface area contributed by atoms with Crippen molar-refractivity contribution in [2.45, 2.75) is 13.0 Å². The molecule has 1 rings (SSSR count). The molecule has 0 aromatic carbocycles. The van der Waals surface area contributed by atoms with Gasteiger partial charge in [0.1, 0.15) is 6.54 Å². The standard InChI is InChI=1S/C11H13N3O2/c1-13(6-3-5-12)11(16)8-14-7-2-4-10(14)9-15/h2,4,7,9H,3,6,8H2,1H3. The van der Waals surface area contributed by atoms with Crippen molar-refractivity contribution in [2.24, 2.45) is 0 Å². The van der Waals surface area contributed by atoms with Gasteiger partial charge in [0.15, 0.2) is 6.29 Å². The van der Waals surface area contributed by atoms with Crippen LogP contribution in [0.15, 0.2) is 18.3 Å². The molecule has 0 aliphatic heterocycles. The van der Waals surface area contributed by atoms with Gasteiger partial charge in [0.25, 0.3) is 0 Å². The smallest absolute Gasteiger partial charge is 0.242 e. The first-order chi connectivity index (χ1) is 7.69. The van der Waals surface area contributed by atoms with Gasteiger partial charge >= 0.3 is 0 Å². The van der Waals surface area contributed by atoms with Gasteiger partial charge in [-0.15, -0.1) is 0 Å². The molecule has 0 radical (unpaired) electrons. The summed E-state index contributed by atoms with van der Waals surface area (Å²) >= 11 is 0. The molecule has 84 valence electrons. The van der Waals surface area contributed by atoms with Crippen LogP contribution < -0.4 is 0 Å². The van der Waals surface area contributed by atoms with E-state index in [-0.39, 0.29) is 12.5 Å². The number of amides is 1. The first-order valence-electron chi connectivity index (χ1n) is 4.90. The Hall–Kier alpha value is -2.09. The molecule has 1 amide bonds. The molecule has 5 heteroatoms. The minimum Gasteiger partial charge on any atom is -0.343 e. The van der Waals surface area contributed by atoms with E-state index in [0.717, 1.165) is 0 Å². The molecular formula is C11H13N3O2. The van der Waals surface area contributed by atoms with Crippen LogP contribution in [-0.4, -0.2) is 35.3 Å². The molecule has 16 heavy (non-hydrogen) atoms. The summed E-state index contributed by atoms with van der Waals surface area (Å²) in [7, 11) is 1.64. The normalized spacial score (nSPS) is 9.50. The zero-order valence-electron chi connectivity index (χ0n) is 9.09. The lowest BCUT2D eigenvalue weighted by Gasteiger charge is -2.16. The number of aldehydes is 1. The third kappa shape index (κ3) is 2.95. The monoisotopic (exact) mass is 219 g/mol. The van der Waals surface area contributed by atoms with Gasteiger partial charge in [-0.2, -0.15) is 5.26 Å². The molecule has 0 atom stereocenters. The second kappa shape index (κ2) is 5.71. The van der Waals surface area contributed by atoms with Gasteiger partial charge in [0, 0.05) is 19.8 Å². The fourth-order valence-corrected chi connectivity index (χ4v) is 1.29. The van der Waals surface area contributed by atoms with E-state index < -0.39 is 0 Å². The van der Waals surface area contributed by atoms with Crippen molar-refractivity contribution in [3.63, 3.8) is 0 Å². The predicted molar refractivity (Wildman–Crippen MR) is 57.7 cm³/mol. The van der Waals surface area contributed by atoms with E-state index in [4.69, 9.17) is 5.26 Å². The van der Waals surface area contributed by atoms with Crippen molar-refractivity contribution in [3.05, 3.63) is 24.0 Å². The number of carbonyl (C=O) groups is 2. The van der Waals surface area contributed by atoms with Crippen LogP contribution in [0.25, 0.3) is 0 Å². The largest absolute Gasteiger partial charge is 0.343 e. The minimum absolute atomic E-state index is 0.116. The molecule has 0 saturated heterocycles. The molecule has 1 heterocycles. The summed E-state index contributed by atoms with van der Waals surface area (Å²) in [6, 6.07) is 5.34. The molecule has 1 aromatic heterocycles. The molecule has 0 N–H and O–H groups in total. The summed E-state index contributed by atoms with van der Waals surface area (Å²) in [5.74, 6) is -0.116. The van der Waals surface area contributed by atoms with Crippen molar-refractivity contribution in [3.8, 4) is 6.07 Å². The Balaban J connectivity index is 2.57. The summed E-state index contributed by atoms with van der Waals surface area (Å²) in [5, 5.41) is 8.40. The van der Waals surface area contributed by atoms with Crippen molar-refractivity contribution >= 4 is 12.2 Å². The lowest BCUT2D eigenvalue weighted by molar-refractivity contribution is -0.130. The molecule has 0 spiro atoms. The number of hydrogen-bond donors (Lipinski definition) is 0. The molecule has 0 aliphatic carbocycles. The summed E-state index contributed by atoms with van der Waals surface area (Å²) in [6.45, 7) is 0.538. The van der Waals surface area contributed by atoms with Gasteiger partial charge in [0.2, 0.25) is 5.91 Å². The number of nitriles is 1. The maximum atomic E-state index is 11.7. The predicted octanol–water partition coefficient (Wildman–Crippen LogP) is 0.673. The summed E-state index contributed by atoms with van der Waals surface area (Å²) in [6.07, 6.45) is 2.71. The van der Waals surface area contributed by atoms with Crippen LogP contribution in [0.3, 0.4) is 0 Å². The van der Waals surface area contributed by atoms with Gasteiger partial charge < -0.3 is 9.47 Å². The van der Waals surface area contributed by atoms with Crippen LogP contribution in [-0.2, 0) is 11.3 Å². The fourth-order valence-electron chi connectivity index (χ4n) is 1.29. The number of likely N-dealkylation sites (N-methyl/N-ethyl adjacent to an activating group) is 1. The average Bonchev–Trinajstić information content (AvgIpc) is 2.72. The lowest BCUT2D eigenvalue weighted by atomic mass is 10.4. The summed E-state index contributed by atoms with van der Waals surface area (Å²) in [4.78, 5) is 23.8. The number of nitrogens with zero attached hydrogens (tertiary/aromatic N) is 3. The third-order valence-electron chi connectivity index (χ3n) is 2.28. The van der Waals surface area contributed by atoms with Crippen LogP contribution in [0.1, 0.15) is 16.9 Å². The Morgan fingerprint density at radius 2 is 2.44 bits per heavy atom. The molecular weight excluding hydrogens is 206 g/mol. The van der Waals surface area contributed by atoms with E-state index in [1.807, 2.05) is 6.07 Å². The van der Waals surface area contributed by atoms with E-state index in [2.05, 4.69) is 0 Å². The maximum Gasteiger partial charge on any atom is 0.242 e. The molecule has 0 aliphatic rings. The van der Waals surface area contributed by atoms with Crippen LogP contribution >= 0.6 is 0 Å². The fraction of sp³-hybridized carbons (Fsp3) is 0.364. The zero-order valence-corrected chi connectivity index (χ0v) is 9.09. The van der Waals surface area contributed by atoms with E-state index in [1.54, 1.807) is 29.9 Å². The van der Waals surface area contributed by atoms with E-state index in [1.165, 1.54) is 4.90 Å². The SMILES string of the molecule is CN(CCC#N)C(=O)Cn1cccc1C=O. The van der Waals surface area contributed by atoms with Crippen molar-refractivity contribution < 1.29 is 9.59 Å². The lowest BCUT2D eigenvalue weighted by Crippen LogP contribution is -2.31. The Morgan fingerprint density at radius 1 is 1.69 bits per heavy atom. The Bertz CT molecular complexity index is 417. The Kier molecular flexibility index (Phi) is 4.28. The van der Waals surface area contributed by atoms with Gasteiger partial charge in [0.05, 0.1) is 18.2 Å². The van der Waals surface area contributed by atoms with Crippen molar-refractivity contribution in [1.82, 2.24) is 9.47 Å². The summed E-state index contributed by atoms with van der Waals surface area (Å²) < 4.78 is 1.58. The highest BCUT2D eigenvalue weighted by molar-refractivity contribution is 5.78.